The summed E-state index contributed by atoms with van der Waals surface area (Å²) < 4.78 is 4.74. The molecule has 1 aliphatic rings. The second-order valence-corrected chi connectivity index (χ2v) is 4.35. The highest BCUT2D eigenvalue weighted by Gasteiger charge is 2.30. The number of likely N-dealkylation sites (tertiary alicyclic amines) is 1. The molecule has 0 bridgehead atoms. The summed E-state index contributed by atoms with van der Waals surface area (Å²) in [5, 5.41) is 0. The number of thiol groups is 1. The van der Waals surface area contributed by atoms with E-state index in [1.54, 1.807) is 0 Å². The Balaban J connectivity index is 2.22. The van der Waals surface area contributed by atoms with E-state index in [1.807, 2.05) is 0 Å². The molecule has 1 rings (SSSR count). The van der Waals surface area contributed by atoms with Crippen molar-refractivity contribution in [1.82, 2.24) is 4.90 Å². The molecule has 0 aromatic rings. The highest BCUT2D eigenvalue weighted by molar-refractivity contribution is 7.75. The highest BCUT2D eigenvalue weighted by Crippen LogP contribution is 2.27. The fourth-order valence-electron chi connectivity index (χ4n) is 1.90. The molecule has 0 radical (unpaired) electrons. The molecule has 1 aliphatic heterocycles. The highest BCUT2D eigenvalue weighted by atomic mass is 32.1. The first-order valence-electron chi connectivity index (χ1n) is 4.68. The molecule has 0 saturated carbocycles. The summed E-state index contributed by atoms with van der Waals surface area (Å²) in [7, 11) is 0. The fraction of sp³-hybridized carbons (Fsp3) is 1.00. The summed E-state index contributed by atoms with van der Waals surface area (Å²) >= 11 is 3.72. The van der Waals surface area contributed by atoms with Gasteiger partial charge in [0.05, 0.1) is 6.61 Å². The average molecular weight is 189 g/mol. The maximum atomic E-state index is 4.74. The first kappa shape index (κ1) is 10.4. The second-order valence-electron chi connectivity index (χ2n) is 4.09. The lowest BCUT2D eigenvalue weighted by Gasteiger charge is -2.31. The molecule has 3 heteroatoms. The van der Waals surface area contributed by atoms with E-state index >= 15 is 0 Å². The molecule has 1 fully saturated rings. The summed E-state index contributed by atoms with van der Waals surface area (Å²) in [6, 6.07) is 0. The van der Waals surface area contributed by atoms with Gasteiger partial charge in [0.15, 0.2) is 0 Å². The van der Waals surface area contributed by atoms with Crippen molar-refractivity contribution in [1.29, 1.82) is 0 Å². The lowest BCUT2D eigenvalue weighted by atomic mass is 10.0. The molecule has 0 N–H and O–H groups in total. The van der Waals surface area contributed by atoms with Gasteiger partial charge in [0, 0.05) is 12.1 Å². The second kappa shape index (κ2) is 4.49. The van der Waals surface area contributed by atoms with Crippen LogP contribution in [0.4, 0.5) is 0 Å². The van der Waals surface area contributed by atoms with Gasteiger partial charge in [0.2, 0.25) is 0 Å². The molecule has 12 heavy (non-hydrogen) atoms. The normalized spacial score (nSPS) is 23.2. The quantitative estimate of drug-likeness (QED) is 0.413. The average Bonchev–Trinajstić information content (AvgIpc) is 2.32. The van der Waals surface area contributed by atoms with Crippen molar-refractivity contribution in [2.24, 2.45) is 0 Å². The molecule has 1 saturated heterocycles. The number of nitrogens with zero attached hydrogens (tertiary/aromatic N) is 1. The first-order chi connectivity index (χ1) is 5.67. The molecule has 0 aromatic heterocycles. The van der Waals surface area contributed by atoms with E-state index in [0.717, 1.165) is 19.6 Å². The number of rotatable bonds is 4. The smallest absolute Gasteiger partial charge is 0.0622 e. The van der Waals surface area contributed by atoms with Crippen LogP contribution in [0.15, 0.2) is 0 Å². The van der Waals surface area contributed by atoms with Gasteiger partial charge in [-0.15, -0.1) is 0 Å². The van der Waals surface area contributed by atoms with Crippen LogP contribution in [-0.4, -0.2) is 30.1 Å². The SMILES string of the molecule is CC1(C)CCCN1CCCOS. The van der Waals surface area contributed by atoms with Gasteiger partial charge in [-0.25, -0.2) is 0 Å². The van der Waals surface area contributed by atoms with Gasteiger partial charge < -0.3 is 4.18 Å². The molecule has 72 valence electrons. The summed E-state index contributed by atoms with van der Waals surface area (Å²) in [6.07, 6.45) is 3.76. The van der Waals surface area contributed by atoms with E-state index in [9.17, 15) is 0 Å². The van der Waals surface area contributed by atoms with Crippen molar-refractivity contribution in [3.8, 4) is 0 Å². The van der Waals surface area contributed by atoms with Crippen molar-refractivity contribution in [3.05, 3.63) is 0 Å². The first-order valence-corrected chi connectivity index (χ1v) is 5.05. The Labute approximate surface area is 80.9 Å². The lowest BCUT2D eigenvalue weighted by molar-refractivity contribution is 0.164. The minimum Gasteiger partial charge on any atom is -0.318 e. The van der Waals surface area contributed by atoms with E-state index < -0.39 is 0 Å². The zero-order valence-corrected chi connectivity index (χ0v) is 8.94. The zero-order chi connectivity index (χ0) is 9.03. The van der Waals surface area contributed by atoms with Crippen LogP contribution < -0.4 is 0 Å². The molecule has 0 amide bonds. The predicted molar refractivity (Wildman–Crippen MR) is 54.4 cm³/mol. The van der Waals surface area contributed by atoms with E-state index in [-0.39, 0.29) is 0 Å². The van der Waals surface area contributed by atoms with Crippen LogP contribution in [0.5, 0.6) is 0 Å². The van der Waals surface area contributed by atoms with Crippen molar-refractivity contribution >= 4 is 12.9 Å². The van der Waals surface area contributed by atoms with Crippen molar-refractivity contribution < 1.29 is 4.18 Å². The van der Waals surface area contributed by atoms with E-state index in [4.69, 9.17) is 4.18 Å². The van der Waals surface area contributed by atoms with E-state index in [2.05, 4.69) is 31.7 Å². The van der Waals surface area contributed by atoms with Crippen molar-refractivity contribution in [2.45, 2.75) is 38.6 Å². The molecule has 1 heterocycles. The lowest BCUT2D eigenvalue weighted by Crippen LogP contribution is -2.38. The molecular formula is C9H19NOS. The maximum Gasteiger partial charge on any atom is 0.0622 e. The molecular weight excluding hydrogens is 170 g/mol. The van der Waals surface area contributed by atoms with Crippen LogP contribution in [0.2, 0.25) is 0 Å². The fourth-order valence-corrected chi connectivity index (χ4v) is 2.03. The van der Waals surface area contributed by atoms with Gasteiger partial charge in [-0.05, 0) is 52.6 Å². The third-order valence-electron chi connectivity index (χ3n) is 2.74. The summed E-state index contributed by atoms with van der Waals surface area (Å²) in [5.74, 6) is 0. The minimum absolute atomic E-state index is 0.413. The van der Waals surface area contributed by atoms with Crippen LogP contribution in [0.25, 0.3) is 0 Å². The third kappa shape index (κ3) is 2.64. The van der Waals surface area contributed by atoms with Gasteiger partial charge in [-0.3, -0.25) is 4.90 Å². The molecule has 0 unspecified atom stereocenters. The standard InChI is InChI=1S/C9H19NOS/c1-9(2)5-3-6-10(9)7-4-8-11-12/h12H,3-8H2,1-2H3. The molecule has 0 spiro atoms. The van der Waals surface area contributed by atoms with Gasteiger partial charge in [-0.1, -0.05) is 0 Å². The van der Waals surface area contributed by atoms with Gasteiger partial charge in [0.25, 0.3) is 0 Å². The van der Waals surface area contributed by atoms with E-state index in [0.29, 0.717) is 5.54 Å². The van der Waals surface area contributed by atoms with Crippen LogP contribution in [0.3, 0.4) is 0 Å². The minimum atomic E-state index is 0.413. The monoisotopic (exact) mass is 189 g/mol. The van der Waals surface area contributed by atoms with Crippen LogP contribution in [0, 0.1) is 0 Å². The van der Waals surface area contributed by atoms with Crippen molar-refractivity contribution in [2.75, 3.05) is 19.7 Å². The predicted octanol–water partition coefficient (Wildman–Crippen LogP) is 2.11. The molecule has 0 atom stereocenters. The Morgan fingerprint density at radius 1 is 1.50 bits per heavy atom. The third-order valence-corrected chi connectivity index (χ3v) is 2.92. The van der Waals surface area contributed by atoms with Gasteiger partial charge in [-0.2, -0.15) is 0 Å². The Morgan fingerprint density at radius 2 is 2.25 bits per heavy atom. The summed E-state index contributed by atoms with van der Waals surface area (Å²) in [6.45, 7) is 7.80. The maximum absolute atomic E-state index is 4.74. The summed E-state index contributed by atoms with van der Waals surface area (Å²) in [4.78, 5) is 2.54. The van der Waals surface area contributed by atoms with Crippen molar-refractivity contribution in [3.63, 3.8) is 0 Å². The van der Waals surface area contributed by atoms with E-state index in [1.165, 1.54) is 19.4 Å². The zero-order valence-electron chi connectivity index (χ0n) is 8.05. The Hall–Kier alpha value is 0.270. The van der Waals surface area contributed by atoms with Gasteiger partial charge >= 0.3 is 0 Å². The molecule has 0 aliphatic carbocycles. The Bertz CT molecular complexity index is 138. The largest absolute Gasteiger partial charge is 0.318 e. The molecule has 2 nitrogen and oxygen atoms in total. The topological polar surface area (TPSA) is 12.5 Å². The van der Waals surface area contributed by atoms with Crippen LogP contribution in [0.1, 0.15) is 33.1 Å². The Kier molecular flexibility index (Phi) is 3.87. The van der Waals surface area contributed by atoms with Crippen LogP contribution >= 0.6 is 12.9 Å². The molecule has 0 aromatic carbocycles. The van der Waals surface area contributed by atoms with Crippen LogP contribution in [-0.2, 0) is 4.18 Å². The number of hydrogen-bond donors (Lipinski definition) is 1. The number of hydrogen-bond acceptors (Lipinski definition) is 3. The Morgan fingerprint density at radius 3 is 2.75 bits per heavy atom. The van der Waals surface area contributed by atoms with Gasteiger partial charge in [0.1, 0.15) is 0 Å². The summed E-state index contributed by atoms with van der Waals surface area (Å²) in [5.41, 5.74) is 0.413.